The smallest absolute Gasteiger partial charge is 0.224 e. The number of rotatable bonds is 3. The molecule has 3 heteroatoms. The van der Waals surface area contributed by atoms with Crippen LogP contribution < -0.4 is 5.32 Å². The van der Waals surface area contributed by atoms with Crippen LogP contribution in [0, 0.1) is 24.2 Å². The van der Waals surface area contributed by atoms with Crippen LogP contribution in [0.25, 0.3) is 0 Å². The number of benzene rings is 1. The molecule has 0 heterocycles. The third kappa shape index (κ3) is 3.10. The second kappa shape index (κ2) is 5.68. The van der Waals surface area contributed by atoms with Gasteiger partial charge in [0.15, 0.2) is 0 Å². The molecule has 0 spiro atoms. The first kappa shape index (κ1) is 12.6. The highest BCUT2D eigenvalue weighted by Gasteiger charge is 2.18. The van der Waals surface area contributed by atoms with Crippen molar-refractivity contribution in [3.05, 3.63) is 29.3 Å². The fourth-order valence-corrected chi connectivity index (χ4v) is 2.50. The van der Waals surface area contributed by atoms with E-state index < -0.39 is 0 Å². The predicted molar refractivity (Wildman–Crippen MR) is 71.1 cm³/mol. The maximum absolute atomic E-state index is 11.9. The predicted octanol–water partition coefficient (Wildman–Crippen LogP) is 3.39. The molecule has 1 saturated carbocycles. The van der Waals surface area contributed by atoms with E-state index in [-0.39, 0.29) is 5.91 Å². The van der Waals surface area contributed by atoms with E-state index in [0.29, 0.717) is 17.9 Å². The Bertz CT molecular complexity index is 482. The van der Waals surface area contributed by atoms with E-state index in [4.69, 9.17) is 5.26 Å². The molecule has 1 fully saturated rings. The van der Waals surface area contributed by atoms with Crippen molar-refractivity contribution in [1.29, 1.82) is 5.26 Å². The van der Waals surface area contributed by atoms with Crippen molar-refractivity contribution >= 4 is 11.6 Å². The maximum atomic E-state index is 11.9. The van der Waals surface area contributed by atoms with Gasteiger partial charge in [0.2, 0.25) is 5.91 Å². The highest BCUT2D eigenvalue weighted by Crippen LogP contribution is 2.28. The summed E-state index contributed by atoms with van der Waals surface area (Å²) in [5, 5.41) is 11.8. The quantitative estimate of drug-likeness (QED) is 0.883. The van der Waals surface area contributed by atoms with Gasteiger partial charge in [-0.1, -0.05) is 18.9 Å². The second-order valence-electron chi connectivity index (χ2n) is 5.04. The van der Waals surface area contributed by atoms with Gasteiger partial charge >= 0.3 is 0 Å². The summed E-state index contributed by atoms with van der Waals surface area (Å²) in [6, 6.07) is 7.46. The van der Waals surface area contributed by atoms with E-state index in [1.54, 1.807) is 12.1 Å². The van der Waals surface area contributed by atoms with Gasteiger partial charge in [-0.15, -0.1) is 0 Å². The van der Waals surface area contributed by atoms with Crippen molar-refractivity contribution in [1.82, 2.24) is 0 Å². The number of amides is 1. The molecule has 94 valence electrons. The normalized spacial score (nSPS) is 15.3. The van der Waals surface area contributed by atoms with Crippen molar-refractivity contribution in [3.63, 3.8) is 0 Å². The van der Waals surface area contributed by atoms with Crippen molar-refractivity contribution in [2.75, 3.05) is 5.32 Å². The summed E-state index contributed by atoms with van der Waals surface area (Å²) in [6.07, 6.45) is 5.45. The lowest BCUT2D eigenvalue weighted by molar-refractivity contribution is -0.117. The molecule has 0 unspecified atom stereocenters. The van der Waals surface area contributed by atoms with Gasteiger partial charge in [-0.3, -0.25) is 4.79 Å². The monoisotopic (exact) mass is 242 g/mol. The van der Waals surface area contributed by atoms with E-state index in [9.17, 15) is 4.79 Å². The number of nitrogens with zero attached hydrogens (tertiary/aromatic N) is 1. The molecule has 0 aromatic heterocycles. The first-order chi connectivity index (χ1) is 8.69. The Labute approximate surface area is 108 Å². The third-order valence-corrected chi connectivity index (χ3v) is 3.59. The van der Waals surface area contributed by atoms with Gasteiger partial charge in [0.05, 0.1) is 11.6 Å². The summed E-state index contributed by atoms with van der Waals surface area (Å²) in [5.41, 5.74) is 2.34. The van der Waals surface area contributed by atoms with Crippen molar-refractivity contribution in [3.8, 4) is 6.07 Å². The number of nitrogens with one attached hydrogen (secondary N) is 1. The topological polar surface area (TPSA) is 52.9 Å². The fourth-order valence-electron chi connectivity index (χ4n) is 2.50. The van der Waals surface area contributed by atoms with E-state index in [0.717, 1.165) is 11.3 Å². The van der Waals surface area contributed by atoms with Gasteiger partial charge in [0, 0.05) is 12.1 Å². The zero-order valence-corrected chi connectivity index (χ0v) is 10.7. The average molecular weight is 242 g/mol. The molecule has 0 bridgehead atoms. The standard InChI is InChI=1S/C15H18N2O/c1-11-6-7-13(10-16)8-14(11)17-15(18)9-12-4-2-3-5-12/h6-8,12H,2-5,9H2,1H3,(H,17,18). The molecule has 1 aliphatic rings. The molecule has 0 aliphatic heterocycles. The molecule has 0 saturated heterocycles. The third-order valence-electron chi connectivity index (χ3n) is 3.59. The molecule has 0 atom stereocenters. The summed E-state index contributed by atoms with van der Waals surface area (Å²) in [5.74, 6) is 0.615. The van der Waals surface area contributed by atoms with E-state index >= 15 is 0 Å². The molecule has 1 aromatic rings. The first-order valence-electron chi connectivity index (χ1n) is 6.49. The Kier molecular flexibility index (Phi) is 3.99. The van der Waals surface area contributed by atoms with Crippen LogP contribution in [0.3, 0.4) is 0 Å². The number of nitriles is 1. The molecule has 0 radical (unpaired) electrons. The number of hydrogen-bond donors (Lipinski definition) is 1. The van der Waals surface area contributed by atoms with Gasteiger partial charge in [-0.2, -0.15) is 5.26 Å². The summed E-state index contributed by atoms with van der Waals surface area (Å²) in [6.45, 7) is 1.94. The van der Waals surface area contributed by atoms with Crippen LogP contribution in [0.5, 0.6) is 0 Å². The maximum Gasteiger partial charge on any atom is 0.224 e. The van der Waals surface area contributed by atoms with E-state index in [1.165, 1.54) is 25.7 Å². The summed E-state index contributed by atoms with van der Waals surface area (Å²) in [4.78, 5) is 11.9. The number of hydrogen-bond acceptors (Lipinski definition) is 2. The number of aryl methyl sites for hydroxylation is 1. The molecule has 3 nitrogen and oxygen atoms in total. The van der Waals surface area contributed by atoms with Crippen molar-refractivity contribution < 1.29 is 4.79 Å². The van der Waals surface area contributed by atoms with E-state index in [1.807, 2.05) is 13.0 Å². The van der Waals surface area contributed by atoms with Crippen molar-refractivity contribution in [2.24, 2.45) is 5.92 Å². The summed E-state index contributed by atoms with van der Waals surface area (Å²) >= 11 is 0. The highest BCUT2D eigenvalue weighted by molar-refractivity contribution is 5.91. The Morgan fingerprint density at radius 3 is 2.83 bits per heavy atom. The molecule has 18 heavy (non-hydrogen) atoms. The van der Waals surface area contributed by atoms with Crippen LogP contribution in [0.1, 0.15) is 43.2 Å². The summed E-state index contributed by atoms with van der Waals surface area (Å²) < 4.78 is 0. The zero-order valence-electron chi connectivity index (χ0n) is 10.7. The Balaban J connectivity index is 1.99. The van der Waals surface area contributed by atoms with Crippen LogP contribution in [0.15, 0.2) is 18.2 Å². The Morgan fingerprint density at radius 2 is 2.17 bits per heavy atom. The first-order valence-corrected chi connectivity index (χ1v) is 6.49. The number of carbonyl (C=O) groups excluding carboxylic acids is 1. The Hall–Kier alpha value is -1.82. The largest absolute Gasteiger partial charge is 0.326 e. The van der Waals surface area contributed by atoms with Gasteiger partial charge in [0.25, 0.3) is 0 Å². The molecule has 1 aliphatic carbocycles. The molecular weight excluding hydrogens is 224 g/mol. The fraction of sp³-hybridized carbons (Fsp3) is 0.467. The van der Waals surface area contributed by atoms with Crippen LogP contribution in [-0.2, 0) is 4.79 Å². The average Bonchev–Trinajstić information content (AvgIpc) is 2.84. The molecule has 1 aromatic carbocycles. The Morgan fingerprint density at radius 1 is 1.44 bits per heavy atom. The SMILES string of the molecule is Cc1ccc(C#N)cc1NC(=O)CC1CCCC1. The lowest BCUT2D eigenvalue weighted by Crippen LogP contribution is -2.15. The van der Waals surface area contributed by atoms with Crippen molar-refractivity contribution in [2.45, 2.75) is 39.0 Å². The van der Waals surface area contributed by atoms with Crippen LogP contribution >= 0.6 is 0 Å². The van der Waals surface area contributed by atoms with Gasteiger partial charge in [-0.05, 0) is 43.4 Å². The van der Waals surface area contributed by atoms with Crippen LogP contribution in [0.2, 0.25) is 0 Å². The minimum Gasteiger partial charge on any atom is -0.326 e. The molecule has 1 amide bonds. The van der Waals surface area contributed by atoms with Gasteiger partial charge in [-0.25, -0.2) is 0 Å². The summed E-state index contributed by atoms with van der Waals surface area (Å²) in [7, 11) is 0. The van der Waals surface area contributed by atoms with E-state index in [2.05, 4.69) is 11.4 Å². The van der Waals surface area contributed by atoms with Crippen LogP contribution in [-0.4, -0.2) is 5.91 Å². The minimum absolute atomic E-state index is 0.0695. The van der Waals surface area contributed by atoms with Gasteiger partial charge in [0.1, 0.15) is 0 Å². The second-order valence-corrected chi connectivity index (χ2v) is 5.04. The minimum atomic E-state index is 0.0695. The lowest BCUT2D eigenvalue weighted by Gasteiger charge is -2.11. The van der Waals surface area contributed by atoms with Crippen LogP contribution in [0.4, 0.5) is 5.69 Å². The molecule has 1 N–H and O–H groups in total. The van der Waals surface area contributed by atoms with Gasteiger partial charge < -0.3 is 5.32 Å². The molecular formula is C15H18N2O. The zero-order chi connectivity index (χ0) is 13.0. The number of anilines is 1. The number of carbonyl (C=O) groups is 1. The molecule has 2 rings (SSSR count). The lowest BCUT2D eigenvalue weighted by atomic mass is 10.0. The highest BCUT2D eigenvalue weighted by atomic mass is 16.1.